The number of para-hydroxylation sites is 1. The maximum absolute atomic E-state index is 12.5. The summed E-state index contributed by atoms with van der Waals surface area (Å²) in [5.74, 6) is -0.518. The summed E-state index contributed by atoms with van der Waals surface area (Å²) < 4.78 is 2.23. The Labute approximate surface area is 159 Å². The van der Waals surface area contributed by atoms with E-state index in [1.165, 1.54) is 22.2 Å². The van der Waals surface area contributed by atoms with Crippen molar-refractivity contribution in [2.24, 2.45) is 5.73 Å². The lowest BCUT2D eigenvalue weighted by molar-refractivity contribution is 0.102. The predicted octanol–water partition coefficient (Wildman–Crippen LogP) is 3.83. The zero-order valence-electron chi connectivity index (χ0n) is 14.6. The van der Waals surface area contributed by atoms with Crippen molar-refractivity contribution in [3.8, 4) is 0 Å². The van der Waals surface area contributed by atoms with Gasteiger partial charge in [0.05, 0.1) is 5.52 Å². The molecule has 2 aromatic heterocycles. The summed E-state index contributed by atoms with van der Waals surface area (Å²) in [6.45, 7) is 2.95. The lowest BCUT2D eigenvalue weighted by atomic mass is 10.1. The number of thiazole rings is 1. The van der Waals surface area contributed by atoms with Crippen molar-refractivity contribution in [1.29, 1.82) is 5.41 Å². The molecule has 27 heavy (non-hydrogen) atoms. The van der Waals surface area contributed by atoms with Crippen LogP contribution in [0.25, 0.3) is 21.8 Å². The Morgan fingerprint density at radius 3 is 2.74 bits per heavy atom. The molecule has 4 rings (SSSR count). The van der Waals surface area contributed by atoms with Crippen LogP contribution in [-0.4, -0.2) is 21.4 Å². The van der Waals surface area contributed by atoms with Crippen molar-refractivity contribution < 1.29 is 4.79 Å². The van der Waals surface area contributed by atoms with Gasteiger partial charge in [-0.2, -0.15) is 0 Å². The van der Waals surface area contributed by atoms with Gasteiger partial charge in [-0.3, -0.25) is 10.2 Å². The minimum absolute atomic E-state index is 0.214. The van der Waals surface area contributed by atoms with Crippen molar-refractivity contribution >= 4 is 55.8 Å². The molecular formula is C19H18N6OS. The van der Waals surface area contributed by atoms with E-state index < -0.39 is 0 Å². The van der Waals surface area contributed by atoms with Crippen LogP contribution in [-0.2, 0) is 6.54 Å². The van der Waals surface area contributed by atoms with Crippen LogP contribution in [0.15, 0.2) is 47.8 Å². The number of anilines is 2. The molecule has 0 radical (unpaired) electrons. The highest BCUT2D eigenvalue weighted by atomic mass is 32.1. The third kappa shape index (κ3) is 3.11. The first-order chi connectivity index (χ1) is 13.1. The van der Waals surface area contributed by atoms with Gasteiger partial charge >= 0.3 is 0 Å². The molecule has 0 aliphatic heterocycles. The van der Waals surface area contributed by atoms with Gasteiger partial charge < -0.3 is 20.9 Å². The number of nitrogens with one attached hydrogen (secondary N) is 3. The van der Waals surface area contributed by atoms with Gasteiger partial charge in [-0.05, 0) is 25.1 Å². The second kappa shape index (κ2) is 6.73. The summed E-state index contributed by atoms with van der Waals surface area (Å²) in [6.07, 6.45) is 0. The number of guanidine groups is 1. The Hall–Kier alpha value is -3.39. The van der Waals surface area contributed by atoms with E-state index in [1.807, 2.05) is 30.3 Å². The average molecular weight is 378 g/mol. The number of hydrogen-bond donors (Lipinski definition) is 4. The fraction of sp³-hybridized carbons (Fsp3) is 0.105. The third-order valence-electron chi connectivity index (χ3n) is 4.33. The minimum atomic E-state index is -0.304. The lowest BCUT2D eigenvalue weighted by Gasteiger charge is -2.06. The van der Waals surface area contributed by atoms with E-state index in [0.717, 1.165) is 17.4 Å². The molecule has 8 heteroatoms. The third-order valence-corrected chi connectivity index (χ3v) is 5.08. The Morgan fingerprint density at radius 2 is 1.96 bits per heavy atom. The molecule has 136 valence electrons. The molecule has 4 aromatic rings. The van der Waals surface area contributed by atoms with Gasteiger partial charge in [0.25, 0.3) is 5.91 Å². The topological polar surface area (TPSA) is 109 Å². The summed E-state index contributed by atoms with van der Waals surface area (Å²) in [4.78, 5) is 16.6. The van der Waals surface area contributed by atoms with Crippen LogP contribution in [0.5, 0.6) is 0 Å². The lowest BCUT2D eigenvalue weighted by Crippen LogP contribution is -2.20. The molecule has 2 aromatic carbocycles. The number of benzene rings is 2. The van der Waals surface area contributed by atoms with Gasteiger partial charge in [-0.1, -0.05) is 24.3 Å². The molecule has 0 unspecified atom stereocenters. The molecule has 0 saturated carbocycles. The smallest absolute Gasteiger partial charge is 0.275 e. The van der Waals surface area contributed by atoms with Gasteiger partial charge in [0.2, 0.25) is 0 Å². The predicted molar refractivity (Wildman–Crippen MR) is 111 cm³/mol. The Bertz CT molecular complexity index is 1180. The molecule has 0 aliphatic rings. The van der Waals surface area contributed by atoms with Gasteiger partial charge in [0.15, 0.2) is 11.1 Å². The quantitative estimate of drug-likeness (QED) is 0.320. The number of carbonyl (C=O) groups is 1. The highest BCUT2D eigenvalue weighted by molar-refractivity contribution is 7.14. The van der Waals surface area contributed by atoms with E-state index in [4.69, 9.17) is 11.1 Å². The standard InChI is InChI=1S/C19H18N6OS/c1-2-25-15-6-4-3-5-12(15)13-8-7-11(9-16(13)25)22-17(26)14-10-27-19(23-14)24-18(20)21/h3-10H,2H2,1H3,(H,22,26)(H4,20,21,23,24). The van der Waals surface area contributed by atoms with Gasteiger partial charge in [0, 0.05) is 33.9 Å². The maximum atomic E-state index is 12.5. The maximum Gasteiger partial charge on any atom is 0.275 e. The number of amides is 1. The van der Waals surface area contributed by atoms with E-state index in [2.05, 4.69) is 39.2 Å². The highest BCUT2D eigenvalue weighted by Gasteiger charge is 2.14. The number of nitrogens with two attached hydrogens (primary N) is 1. The van der Waals surface area contributed by atoms with Crippen LogP contribution in [0.3, 0.4) is 0 Å². The molecule has 0 atom stereocenters. The van der Waals surface area contributed by atoms with Gasteiger partial charge in [-0.25, -0.2) is 4.98 Å². The van der Waals surface area contributed by atoms with Crippen LogP contribution in [0, 0.1) is 5.41 Å². The van der Waals surface area contributed by atoms with Crippen molar-refractivity contribution in [2.75, 3.05) is 10.6 Å². The van der Waals surface area contributed by atoms with Crippen LogP contribution in [0.4, 0.5) is 10.8 Å². The second-order valence-corrected chi connectivity index (χ2v) is 6.88. The monoisotopic (exact) mass is 378 g/mol. The molecule has 7 nitrogen and oxygen atoms in total. The molecular weight excluding hydrogens is 360 g/mol. The summed E-state index contributed by atoms with van der Waals surface area (Å²) in [5.41, 5.74) is 8.52. The van der Waals surface area contributed by atoms with Gasteiger partial charge in [0.1, 0.15) is 5.69 Å². The molecule has 0 spiro atoms. The van der Waals surface area contributed by atoms with Crippen LogP contribution in [0.1, 0.15) is 17.4 Å². The van der Waals surface area contributed by atoms with Crippen molar-refractivity contribution in [3.05, 3.63) is 53.5 Å². The molecule has 0 saturated heterocycles. The van der Waals surface area contributed by atoms with E-state index in [0.29, 0.717) is 10.8 Å². The SMILES string of the molecule is CCn1c2ccccc2c2ccc(NC(=O)c3csc(NC(=N)N)n3)cc21. The van der Waals surface area contributed by atoms with Crippen LogP contribution >= 0.6 is 11.3 Å². The number of nitrogens with zero attached hydrogens (tertiary/aromatic N) is 2. The fourth-order valence-electron chi connectivity index (χ4n) is 3.21. The van der Waals surface area contributed by atoms with Crippen LogP contribution in [0.2, 0.25) is 0 Å². The summed E-state index contributed by atoms with van der Waals surface area (Å²) in [6, 6.07) is 14.2. The Balaban J connectivity index is 1.66. The number of aryl methyl sites for hydroxylation is 1. The second-order valence-electron chi connectivity index (χ2n) is 6.02. The zero-order chi connectivity index (χ0) is 19.0. The molecule has 2 heterocycles. The largest absolute Gasteiger partial charge is 0.370 e. The molecule has 1 amide bonds. The first-order valence-electron chi connectivity index (χ1n) is 8.45. The molecule has 0 aliphatic carbocycles. The minimum Gasteiger partial charge on any atom is -0.370 e. The summed E-state index contributed by atoms with van der Waals surface area (Å²) in [7, 11) is 0. The van der Waals surface area contributed by atoms with E-state index in [9.17, 15) is 4.79 Å². The fourth-order valence-corrected chi connectivity index (χ4v) is 3.92. The number of carbonyl (C=O) groups excluding carboxylic acids is 1. The van der Waals surface area contributed by atoms with Crippen molar-refractivity contribution in [2.45, 2.75) is 13.5 Å². The van der Waals surface area contributed by atoms with Crippen molar-refractivity contribution in [1.82, 2.24) is 9.55 Å². The average Bonchev–Trinajstić information content (AvgIpc) is 3.23. The van der Waals surface area contributed by atoms with E-state index >= 15 is 0 Å². The van der Waals surface area contributed by atoms with Gasteiger partial charge in [-0.15, -0.1) is 11.3 Å². The number of aromatic nitrogens is 2. The first-order valence-corrected chi connectivity index (χ1v) is 9.33. The zero-order valence-corrected chi connectivity index (χ0v) is 15.4. The molecule has 5 N–H and O–H groups in total. The first kappa shape index (κ1) is 17.0. The number of rotatable bonds is 4. The molecule has 0 fully saturated rings. The van der Waals surface area contributed by atoms with Crippen LogP contribution < -0.4 is 16.4 Å². The number of fused-ring (bicyclic) bond motifs is 3. The van der Waals surface area contributed by atoms with E-state index in [-0.39, 0.29) is 17.6 Å². The Kier molecular flexibility index (Phi) is 4.25. The normalized spacial score (nSPS) is 11.0. The highest BCUT2D eigenvalue weighted by Crippen LogP contribution is 2.31. The summed E-state index contributed by atoms with van der Waals surface area (Å²) in [5, 5.41) is 17.1. The van der Waals surface area contributed by atoms with E-state index in [1.54, 1.807) is 5.38 Å². The number of hydrogen-bond acceptors (Lipinski definition) is 4. The molecule has 0 bridgehead atoms. The summed E-state index contributed by atoms with van der Waals surface area (Å²) >= 11 is 1.22. The van der Waals surface area contributed by atoms with Crippen molar-refractivity contribution in [3.63, 3.8) is 0 Å². The Morgan fingerprint density at radius 1 is 1.19 bits per heavy atom.